The molecule has 0 bridgehead atoms. The van der Waals surface area contributed by atoms with E-state index in [9.17, 15) is 9.59 Å². The Morgan fingerprint density at radius 3 is 2.26 bits per heavy atom. The predicted molar refractivity (Wildman–Crippen MR) is 122 cm³/mol. The van der Waals surface area contributed by atoms with Crippen LogP contribution >= 0.6 is 15.9 Å². The highest BCUT2D eigenvalue weighted by atomic mass is 79.9. The van der Waals surface area contributed by atoms with Crippen molar-refractivity contribution in [1.82, 2.24) is 5.32 Å². The Balaban J connectivity index is 1.76. The lowest BCUT2D eigenvalue weighted by Crippen LogP contribution is -2.35. The van der Waals surface area contributed by atoms with Gasteiger partial charge in [-0.2, -0.15) is 0 Å². The maximum Gasteiger partial charge on any atom is 0.227 e. The van der Waals surface area contributed by atoms with Gasteiger partial charge in [-0.1, -0.05) is 35.0 Å². The molecular formula is C23H27BrN2O5. The standard InChI is InChI=1S/C23H27BrN2O5/c1-5-18(14-6-8-16(24)9-7-14)25-23(28)15-10-21(27)26(13-15)17-11-19(29-2)22(31-4)20(12-17)30-3/h6-9,11-12,15,18H,5,10,13H2,1-4H3,(H,25,28). The molecule has 2 amide bonds. The minimum atomic E-state index is -0.434. The molecule has 2 aromatic carbocycles. The Morgan fingerprint density at radius 2 is 1.74 bits per heavy atom. The number of nitrogens with zero attached hydrogens (tertiary/aromatic N) is 1. The van der Waals surface area contributed by atoms with E-state index in [1.165, 1.54) is 21.3 Å². The van der Waals surface area contributed by atoms with Gasteiger partial charge in [-0.15, -0.1) is 0 Å². The van der Waals surface area contributed by atoms with Gasteiger partial charge in [0.1, 0.15) is 0 Å². The summed E-state index contributed by atoms with van der Waals surface area (Å²) in [6, 6.07) is 11.2. The van der Waals surface area contributed by atoms with Crippen molar-refractivity contribution in [2.24, 2.45) is 5.92 Å². The number of benzene rings is 2. The first-order valence-corrected chi connectivity index (χ1v) is 10.9. The van der Waals surface area contributed by atoms with Gasteiger partial charge < -0.3 is 24.4 Å². The zero-order valence-corrected chi connectivity index (χ0v) is 19.7. The molecule has 0 radical (unpaired) electrons. The topological polar surface area (TPSA) is 77.1 Å². The minimum Gasteiger partial charge on any atom is -0.493 e. The van der Waals surface area contributed by atoms with Crippen LogP contribution in [-0.2, 0) is 9.59 Å². The summed E-state index contributed by atoms with van der Waals surface area (Å²) in [5.41, 5.74) is 1.64. The molecule has 31 heavy (non-hydrogen) atoms. The number of methoxy groups -OCH3 is 3. The highest BCUT2D eigenvalue weighted by molar-refractivity contribution is 9.10. The molecule has 1 saturated heterocycles. The van der Waals surface area contributed by atoms with Crippen molar-refractivity contribution < 1.29 is 23.8 Å². The molecule has 1 aliphatic heterocycles. The minimum absolute atomic E-state index is 0.106. The number of carbonyl (C=O) groups excluding carboxylic acids is 2. The molecule has 7 nitrogen and oxygen atoms in total. The summed E-state index contributed by atoms with van der Waals surface area (Å²) >= 11 is 3.43. The van der Waals surface area contributed by atoms with Crippen LogP contribution in [-0.4, -0.2) is 39.7 Å². The summed E-state index contributed by atoms with van der Waals surface area (Å²) in [6.07, 6.45) is 0.907. The quantitative estimate of drug-likeness (QED) is 0.602. The maximum atomic E-state index is 13.0. The van der Waals surface area contributed by atoms with Gasteiger partial charge in [0.2, 0.25) is 17.6 Å². The maximum absolute atomic E-state index is 13.0. The zero-order chi connectivity index (χ0) is 22.5. The van der Waals surface area contributed by atoms with Crippen LogP contribution in [0.15, 0.2) is 40.9 Å². The second kappa shape index (κ2) is 10.0. The van der Waals surface area contributed by atoms with Gasteiger partial charge in [0, 0.05) is 29.6 Å². The fourth-order valence-electron chi connectivity index (χ4n) is 3.76. The first kappa shape index (κ1) is 22.9. The number of hydrogen-bond donors (Lipinski definition) is 1. The van der Waals surface area contributed by atoms with E-state index >= 15 is 0 Å². The Morgan fingerprint density at radius 1 is 1.13 bits per heavy atom. The number of anilines is 1. The predicted octanol–water partition coefficient (Wildman–Crippen LogP) is 4.10. The van der Waals surface area contributed by atoms with Gasteiger partial charge in [0.15, 0.2) is 11.5 Å². The van der Waals surface area contributed by atoms with E-state index in [0.717, 1.165) is 16.5 Å². The number of nitrogens with one attached hydrogen (secondary N) is 1. The SMILES string of the molecule is CCC(NC(=O)C1CC(=O)N(c2cc(OC)c(OC)c(OC)c2)C1)c1ccc(Br)cc1. The van der Waals surface area contributed by atoms with E-state index in [0.29, 0.717) is 29.5 Å². The smallest absolute Gasteiger partial charge is 0.227 e. The van der Waals surface area contributed by atoms with Gasteiger partial charge in [-0.3, -0.25) is 9.59 Å². The first-order valence-electron chi connectivity index (χ1n) is 10.1. The first-order chi connectivity index (χ1) is 14.9. The average Bonchev–Trinajstić information content (AvgIpc) is 3.18. The van der Waals surface area contributed by atoms with Crippen LogP contribution in [0.1, 0.15) is 31.4 Å². The molecule has 0 aromatic heterocycles. The van der Waals surface area contributed by atoms with Crippen molar-refractivity contribution in [3.63, 3.8) is 0 Å². The Labute approximate surface area is 190 Å². The van der Waals surface area contributed by atoms with E-state index in [1.54, 1.807) is 17.0 Å². The third kappa shape index (κ3) is 4.95. The summed E-state index contributed by atoms with van der Waals surface area (Å²) in [7, 11) is 4.57. The molecule has 8 heteroatoms. The van der Waals surface area contributed by atoms with Crippen molar-refractivity contribution in [2.75, 3.05) is 32.8 Å². The zero-order valence-electron chi connectivity index (χ0n) is 18.1. The Bertz CT molecular complexity index is 922. The lowest BCUT2D eigenvalue weighted by atomic mass is 10.0. The van der Waals surface area contributed by atoms with Crippen molar-refractivity contribution in [2.45, 2.75) is 25.8 Å². The van der Waals surface area contributed by atoms with E-state index < -0.39 is 5.92 Å². The molecule has 3 rings (SSSR count). The fraction of sp³-hybridized carbons (Fsp3) is 0.391. The lowest BCUT2D eigenvalue weighted by molar-refractivity contribution is -0.127. The highest BCUT2D eigenvalue weighted by Crippen LogP contribution is 2.42. The monoisotopic (exact) mass is 490 g/mol. The molecule has 2 aromatic rings. The van der Waals surface area contributed by atoms with Crippen molar-refractivity contribution in [1.29, 1.82) is 0 Å². The van der Waals surface area contributed by atoms with Crippen LogP contribution in [0.25, 0.3) is 0 Å². The fourth-order valence-corrected chi connectivity index (χ4v) is 4.03. The van der Waals surface area contributed by atoms with E-state index in [4.69, 9.17) is 14.2 Å². The van der Waals surface area contributed by atoms with Crippen LogP contribution in [0, 0.1) is 5.92 Å². The van der Waals surface area contributed by atoms with E-state index in [-0.39, 0.29) is 24.3 Å². The molecule has 0 aliphatic carbocycles. The summed E-state index contributed by atoms with van der Waals surface area (Å²) < 4.78 is 17.1. The third-order valence-electron chi connectivity index (χ3n) is 5.45. The summed E-state index contributed by atoms with van der Waals surface area (Å²) in [5.74, 6) is 0.688. The molecule has 0 saturated carbocycles. The largest absolute Gasteiger partial charge is 0.493 e. The molecule has 2 atom stereocenters. The summed E-state index contributed by atoms with van der Waals surface area (Å²) in [6.45, 7) is 2.31. The van der Waals surface area contributed by atoms with E-state index in [1.807, 2.05) is 31.2 Å². The summed E-state index contributed by atoms with van der Waals surface area (Å²) in [5, 5.41) is 3.10. The van der Waals surface area contributed by atoms with Crippen LogP contribution in [0.4, 0.5) is 5.69 Å². The average molecular weight is 491 g/mol. The second-order valence-electron chi connectivity index (χ2n) is 7.31. The van der Waals surface area contributed by atoms with Crippen LogP contribution in [0.2, 0.25) is 0 Å². The van der Waals surface area contributed by atoms with Crippen molar-refractivity contribution in [3.8, 4) is 17.2 Å². The number of hydrogen-bond acceptors (Lipinski definition) is 5. The van der Waals surface area contributed by atoms with E-state index in [2.05, 4.69) is 21.2 Å². The van der Waals surface area contributed by atoms with Gasteiger partial charge >= 0.3 is 0 Å². The second-order valence-corrected chi connectivity index (χ2v) is 8.23. The molecule has 0 spiro atoms. The van der Waals surface area contributed by atoms with Gasteiger partial charge in [0.25, 0.3) is 0 Å². The Hall–Kier alpha value is -2.74. The molecule has 1 heterocycles. The molecule has 1 aliphatic rings. The van der Waals surface area contributed by atoms with Crippen molar-refractivity contribution in [3.05, 3.63) is 46.4 Å². The van der Waals surface area contributed by atoms with Gasteiger partial charge in [-0.05, 0) is 24.1 Å². The number of carbonyl (C=O) groups is 2. The Kier molecular flexibility index (Phi) is 7.43. The van der Waals surface area contributed by atoms with Gasteiger partial charge in [0.05, 0.1) is 39.0 Å². The lowest BCUT2D eigenvalue weighted by Gasteiger charge is -2.22. The van der Waals surface area contributed by atoms with Crippen molar-refractivity contribution >= 4 is 33.4 Å². The molecule has 166 valence electrons. The molecular weight excluding hydrogens is 464 g/mol. The van der Waals surface area contributed by atoms with Gasteiger partial charge in [-0.25, -0.2) is 0 Å². The third-order valence-corrected chi connectivity index (χ3v) is 5.98. The number of amides is 2. The molecule has 2 unspecified atom stereocenters. The highest BCUT2D eigenvalue weighted by Gasteiger charge is 2.36. The number of rotatable bonds is 8. The van der Waals surface area contributed by atoms with Crippen LogP contribution < -0.4 is 24.4 Å². The normalized spacial score (nSPS) is 16.7. The molecule has 1 N–H and O–H groups in total. The summed E-state index contributed by atoms with van der Waals surface area (Å²) in [4.78, 5) is 27.3. The van der Waals surface area contributed by atoms with Crippen LogP contribution in [0.3, 0.4) is 0 Å². The number of ether oxygens (including phenoxy) is 3. The number of halogens is 1. The van der Waals surface area contributed by atoms with Crippen LogP contribution in [0.5, 0.6) is 17.2 Å². The molecule has 1 fully saturated rings.